The minimum absolute atomic E-state index is 0.00477. The third-order valence-corrected chi connectivity index (χ3v) is 6.88. The van der Waals surface area contributed by atoms with Crippen molar-refractivity contribution >= 4 is 33.0 Å². The summed E-state index contributed by atoms with van der Waals surface area (Å²) in [6.07, 6.45) is 0.948. The molecule has 0 bridgehead atoms. The second kappa shape index (κ2) is 7.11. The van der Waals surface area contributed by atoms with E-state index in [4.69, 9.17) is 5.14 Å². The van der Waals surface area contributed by atoms with Crippen LogP contribution in [0.1, 0.15) is 34.5 Å². The first kappa shape index (κ1) is 19.0. The largest absolute Gasteiger partial charge is 0.325 e. The summed E-state index contributed by atoms with van der Waals surface area (Å²) in [5.74, 6) is -0.162. The molecule has 0 saturated heterocycles. The van der Waals surface area contributed by atoms with Crippen molar-refractivity contribution in [1.29, 1.82) is 0 Å². The number of carbonyl (C=O) groups excluding carboxylic acids is 1. The predicted octanol–water partition coefficient (Wildman–Crippen LogP) is 2.57. The standard InChI is InChI=1S/C18H23N3O3S2/c1-11-8-14(26(19,23)24)9-16(12(11)2)20-18(22)10-21-6-4-17-15(13(21)3)5-7-25-17/h5,7-9,13H,4,6,10H2,1-3H3,(H,20,22)(H2,19,23,24)/t13-/m0/s1. The molecule has 3 N–H and O–H groups in total. The van der Waals surface area contributed by atoms with E-state index in [1.165, 1.54) is 22.6 Å². The third-order valence-electron chi connectivity index (χ3n) is 4.99. The Kier molecular flexibility index (Phi) is 5.21. The molecule has 1 amide bonds. The second-order valence-corrected chi connectivity index (χ2v) is 9.26. The summed E-state index contributed by atoms with van der Waals surface area (Å²) < 4.78 is 23.3. The number of benzene rings is 1. The zero-order chi connectivity index (χ0) is 19.1. The van der Waals surface area contributed by atoms with Crippen molar-refractivity contribution < 1.29 is 13.2 Å². The van der Waals surface area contributed by atoms with E-state index in [-0.39, 0.29) is 23.4 Å². The average Bonchev–Trinajstić information content (AvgIpc) is 3.02. The highest BCUT2D eigenvalue weighted by atomic mass is 32.2. The molecule has 0 aliphatic carbocycles. The Labute approximate surface area is 158 Å². The van der Waals surface area contributed by atoms with Crippen LogP contribution in [0.2, 0.25) is 0 Å². The monoisotopic (exact) mass is 393 g/mol. The molecular formula is C18H23N3O3S2. The maximum absolute atomic E-state index is 12.6. The van der Waals surface area contributed by atoms with Crippen LogP contribution in [0, 0.1) is 13.8 Å². The Hall–Kier alpha value is -1.74. The predicted molar refractivity (Wildman–Crippen MR) is 104 cm³/mol. The van der Waals surface area contributed by atoms with Crippen LogP contribution in [0.4, 0.5) is 5.69 Å². The molecule has 0 spiro atoms. The van der Waals surface area contributed by atoms with Crippen molar-refractivity contribution in [3.63, 3.8) is 0 Å². The van der Waals surface area contributed by atoms with Gasteiger partial charge in [-0.15, -0.1) is 11.3 Å². The molecular weight excluding hydrogens is 370 g/mol. The molecule has 2 aromatic rings. The number of anilines is 1. The second-order valence-electron chi connectivity index (χ2n) is 6.70. The van der Waals surface area contributed by atoms with Crippen LogP contribution in [-0.4, -0.2) is 32.3 Å². The summed E-state index contributed by atoms with van der Waals surface area (Å²) in [6, 6.07) is 5.25. The molecule has 0 fully saturated rings. The van der Waals surface area contributed by atoms with E-state index in [1.54, 1.807) is 18.3 Å². The van der Waals surface area contributed by atoms with Crippen LogP contribution in [0.15, 0.2) is 28.5 Å². The highest BCUT2D eigenvalue weighted by molar-refractivity contribution is 7.89. The van der Waals surface area contributed by atoms with Crippen LogP contribution in [-0.2, 0) is 21.2 Å². The fourth-order valence-electron chi connectivity index (χ4n) is 3.27. The number of hydrogen-bond acceptors (Lipinski definition) is 5. The number of nitrogens with two attached hydrogens (primary N) is 1. The minimum Gasteiger partial charge on any atom is -0.325 e. The number of primary sulfonamides is 1. The maximum atomic E-state index is 12.6. The van der Waals surface area contributed by atoms with Crippen molar-refractivity contribution in [2.75, 3.05) is 18.4 Å². The minimum atomic E-state index is -3.82. The van der Waals surface area contributed by atoms with Crippen LogP contribution < -0.4 is 10.5 Å². The molecule has 0 saturated carbocycles. The van der Waals surface area contributed by atoms with Crippen LogP contribution in [0.3, 0.4) is 0 Å². The van der Waals surface area contributed by atoms with Crippen LogP contribution in [0.25, 0.3) is 0 Å². The highest BCUT2D eigenvalue weighted by Gasteiger charge is 2.26. The Morgan fingerprint density at radius 1 is 1.38 bits per heavy atom. The Bertz CT molecular complexity index is 951. The number of hydrogen-bond donors (Lipinski definition) is 2. The molecule has 1 aromatic heterocycles. The average molecular weight is 394 g/mol. The van der Waals surface area contributed by atoms with Gasteiger partial charge >= 0.3 is 0 Å². The summed E-state index contributed by atoms with van der Waals surface area (Å²) in [4.78, 5) is 16.1. The fraction of sp³-hybridized carbons (Fsp3) is 0.389. The number of aryl methyl sites for hydroxylation is 1. The number of nitrogens with one attached hydrogen (secondary N) is 1. The first-order valence-corrected chi connectivity index (χ1v) is 10.8. The first-order chi connectivity index (χ1) is 12.2. The lowest BCUT2D eigenvalue weighted by molar-refractivity contribution is -0.117. The van der Waals surface area contributed by atoms with Crippen molar-refractivity contribution in [2.24, 2.45) is 5.14 Å². The van der Waals surface area contributed by atoms with Gasteiger partial charge in [-0.25, -0.2) is 13.6 Å². The van der Waals surface area contributed by atoms with Crippen LogP contribution in [0.5, 0.6) is 0 Å². The molecule has 140 valence electrons. The Balaban J connectivity index is 1.76. The molecule has 1 aliphatic heterocycles. The van der Waals surface area contributed by atoms with Gasteiger partial charge in [0.2, 0.25) is 15.9 Å². The van der Waals surface area contributed by atoms with Gasteiger partial charge in [0, 0.05) is 23.2 Å². The SMILES string of the molecule is Cc1cc(S(N)(=O)=O)cc(NC(=O)CN2CCc3sccc3[C@@H]2C)c1C. The molecule has 1 aromatic carbocycles. The Morgan fingerprint density at radius 3 is 2.81 bits per heavy atom. The summed E-state index contributed by atoms with van der Waals surface area (Å²) in [5, 5.41) is 10.2. The Morgan fingerprint density at radius 2 is 2.12 bits per heavy atom. The number of rotatable bonds is 4. The fourth-order valence-corrected chi connectivity index (χ4v) is 4.86. The summed E-state index contributed by atoms with van der Waals surface area (Å²) >= 11 is 1.76. The topological polar surface area (TPSA) is 92.5 Å². The van der Waals surface area contributed by atoms with Crippen molar-refractivity contribution in [3.8, 4) is 0 Å². The smallest absolute Gasteiger partial charge is 0.238 e. The maximum Gasteiger partial charge on any atom is 0.238 e. The summed E-state index contributed by atoms with van der Waals surface area (Å²) in [6.45, 7) is 6.84. The molecule has 26 heavy (non-hydrogen) atoms. The van der Waals surface area contributed by atoms with E-state index in [9.17, 15) is 13.2 Å². The van der Waals surface area contributed by atoms with Gasteiger partial charge < -0.3 is 5.32 Å². The van der Waals surface area contributed by atoms with Gasteiger partial charge in [-0.2, -0.15) is 0 Å². The van der Waals surface area contributed by atoms with Gasteiger partial charge in [-0.3, -0.25) is 9.69 Å². The molecule has 6 nitrogen and oxygen atoms in total. The summed E-state index contributed by atoms with van der Waals surface area (Å²) in [5.41, 5.74) is 3.37. The van der Waals surface area contributed by atoms with Gasteiger partial charge in [0.15, 0.2) is 0 Å². The van der Waals surface area contributed by atoms with E-state index in [1.807, 2.05) is 6.92 Å². The quantitative estimate of drug-likeness (QED) is 0.835. The van der Waals surface area contributed by atoms with E-state index in [0.717, 1.165) is 24.1 Å². The van der Waals surface area contributed by atoms with E-state index in [0.29, 0.717) is 5.69 Å². The number of thiophene rings is 1. The molecule has 2 heterocycles. The molecule has 8 heteroatoms. The van der Waals surface area contributed by atoms with Crippen molar-refractivity contribution in [1.82, 2.24) is 4.90 Å². The number of fused-ring (bicyclic) bond motifs is 1. The number of amides is 1. The normalized spacial score (nSPS) is 17.8. The number of sulfonamides is 1. The molecule has 0 unspecified atom stereocenters. The lowest BCUT2D eigenvalue weighted by Crippen LogP contribution is -2.39. The lowest BCUT2D eigenvalue weighted by Gasteiger charge is -2.33. The van der Waals surface area contributed by atoms with Gasteiger partial charge in [-0.05, 0) is 67.5 Å². The molecule has 1 atom stereocenters. The lowest BCUT2D eigenvalue weighted by atomic mass is 10.0. The molecule has 3 rings (SSSR count). The van der Waals surface area contributed by atoms with Crippen molar-refractivity contribution in [3.05, 3.63) is 45.1 Å². The highest BCUT2D eigenvalue weighted by Crippen LogP contribution is 2.32. The van der Waals surface area contributed by atoms with E-state index >= 15 is 0 Å². The van der Waals surface area contributed by atoms with E-state index in [2.05, 4.69) is 28.6 Å². The summed E-state index contributed by atoms with van der Waals surface area (Å²) in [7, 11) is -3.82. The van der Waals surface area contributed by atoms with E-state index < -0.39 is 10.0 Å². The first-order valence-electron chi connectivity index (χ1n) is 8.41. The number of nitrogens with zero attached hydrogens (tertiary/aromatic N) is 1. The third kappa shape index (κ3) is 3.83. The molecule has 0 radical (unpaired) electrons. The van der Waals surface area contributed by atoms with Gasteiger partial charge in [0.1, 0.15) is 0 Å². The zero-order valence-corrected chi connectivity index (χ0v) is 16.7. The number of carbonyl (C=O) groups is 1. The van der Waals surface area contributed by atoms with Gasteiger partial charge in [0.25, 0.3) is 0 Å². The van der Waals surface area contributed by atoms with Crippen LogP contribution >= 0.6 is 11.3 Å². The van der Waals surface area contributed by atoms with Crippen molar-refractivity contribution in [2.45, 2.75) is 38.1 Å². The van der Waals surface area contributed by atoms with Gasteiger partial charge in [-0.1, -0.05) is 0 Å². The zero-order valence-electron chi connectivity index (χ0n) is 15.1. The van der Waals surface area contributed by atoms with Gasteiger partial charge in [0.05, 0.1) is 11.4 Å². The molecule has 1 aliphatic rings.